The molecule has 0 unspecified atom stereocenters. The summed E-state index contributed by atoms with van der Waals surface area (Å²) in [5.41, 5.74) is 7.08. The van der Waals surface area contributed by atoms with Crippen LogP contribution < -0.4 is 5.73 Å². The van der Waals surface area contributed by atoms with Crippen molar-refractivity contribution in [2.75, 3.05) is 12.8 Å². The number of esters is 1. The predicted octanol–water partition coefficient (Wildman–Crippen LogP) is 1.59. The summed E-state index contributed by atoms with van der Waals surface area (Å²) < 4.78 is 4.55. The highest BCUT2D eigenvalue weighted by Crippen LogP contribution is 2.16. The van der Waals surface area contributed by atoms with Crippen LogP contribution in [-0.4, -0.2) is 13.1 Å². The highest BCUT2D eigenvalue weighted by Gasteiger charge is 2.08. The van der Waals surface area contributed by atoms with Crippen molar-refractivity contribution in [2.24, 2.45) is 0 Å². The Labute approximate surface area is 87.6 Å². The van der Waals surface area contributed by atoms with Gasteiger partial charge in [0.15, 0.2) is 0 Å². The molecule has 0 saturated carbocycles. The lowest BCUT2D eigenvalue weighted by molar-refractivity contribution is 0.0602. The van der Waals surface area contributed by atoms with E-state index in [0.29, 0.717) is 11.3 Å². The Morgan fingerprint density at radius 3 is 2.87 bits per heavy atom. The number of benzene rings is 1. The summed E-state index contributed by atoms with van der Waals surface area (Å²) in [4.78, 5) is 11.2. The second kappa shape index (κ2) is 4.82. The lowest BCUT2D eigenvalue weighted by atomic mass is 10.1. The van der Waals surface area contributed by atoms with E-state index in [4.69, 9.17) is 11.0 Å². The molecule has 15 heavy (non-hydrogen) atoms. The number of carbonyl (C=O) groups excluding carboxylic acids is 1. The Hall–Kier alpha value is -2.28. The molecule has 0 atom stereocenters. The minimum Gasteiger partial charge on any atom is -0.465 e. The van der Waals surface area contributed by atoms with E-state index in [9.17, 15) is 4.79 Å². The highest BCUT2D eigenvalue weighted by atomic mass is 16.5. The van der Waals surface area contributed by atoms with E-state index in [-0.39, 0.29) is 0 Å². The number of nitriles is 1. The number of ether oxygens (including phenoxy) is 1. The van der Waals surface area contributed by atoms with Gasteiger partial charge < -0.3 is 10.5 Å². The van der Waals surface area contributed by atoms with E-state index in [0.717, 1.165) is 5.56 Å². The van der Waals surface area contributed by atoms with Crippen molar-refractivity contribution in [1.29, 1.82) is 5.26 Å². The molecule has 0 aromatic heterocycles. The zero-order valence-electron chi connectivity index (χ0n) is 8.23. The van der Waals surface area contributed by atoms with E-state index < -0.39 is 5.97 Å². The van der Waals surface area contributed by atoms with Crippen LogP contribution in [0, 0.1) is 11.3 Å². The molecule has 0 amide bonds. The van der Waals surface area contributed by atoms with Crippen molar-refractivity contribution in [3.8, 4) is 6.07 Å². The monoisotopic (exact) mass is 202 g/mol. The third-order valence-electron chi connectivity index (χ3n) is 1.83. The maximum atomic E-state index is 11.2. The number of carbonyl (C=O) groups is 1. The molecule has 0 aliphatic carbocycles. The molecule has 1 rings (SSSR count). The number of nitrogens with two attached hydrogens (primary N) is 1. The lowest BCUT2D eigenvalue weighted by Gasteiger charge is -2.03. The van der Waals surface area contributed by atoms with Crippen LogP contribution in [0.4, 0.5) is 5.69 Å². The van der Waals surface area contributed by atoms with Crippen molar-refractivity contribution >= 4 is 17.7 Å². The number of nitrogens with zero attached hydrogens (tertiary/aromatic N) is 1. The topological polar surface area (TPSA) is 76.1 Å². The predicted molar refractivity (Wildman–Crippen MR) is 56.8 cm³/mol. The van der Waals surface area contributed by atoms with Crippen LogP contribution >= 0.6 is 0 Å². The van der Waals surface area contributed by atoms with Gasteiger partial charge in [-0.15, -0.1) is 0 Å². The first-order chi connectivity index (χ1) is 7.19. The number of allylic oxidation sites excluding steroid dienone is 1. The SMILES string of the molecule is COC(=O)c1ccc(C=CC#N)cc1N. The number of methoxy groups -OCH3 is 1. The minimum absolute atomic E-state index is 0.326. The Kier molecular flexibility index (Phi) is 3.47. The van der Waals surface area contributed by atoms with E-state index >= 15 is 0 Å². The van der Waals surface area contributed by atoms with Crippen LogP contribution in [0.2, 0.25) is 0 Å². The first kappa shape index (κ1) is 10.8. The molecule has 0 radical (unpaired) electrons. The molecule has 0 aliphatic heterocycles. The van der Waals surface area contributed by atoms with Gasteiger partial charge >= 0.3 is 5.97 Å². The second-order valence-corrected chi connectivity index (χ2v) is 2.80. The summed E-state index contributed by atoms with van der Waals surface area (Å²) in [5, 5.41) is 8.34. The van der Waals surface area contributed by atoms with Crippen LogP contribution in [-0.2, 0) is 4.74 Å². The molecule has 76 valence electrons. The van der Waals surface area contributed by atoms with Gasteiger partial charge in [-0.1, -0.05) is 6.07 Å². The van der Waals surface area contributed by atoms with Crippen molar-refractivity contribution < 1.29 is 9.53 Å². The zero-order chi connectivity index (χ0) is 11.3. The van der Waals surface area contributed by atoms with Crippen molar-refractivity contribution in [3.05, 3.63) is 35.4 Å². The number of hydrogen-bond acceptors (Lipinski definition) is 4. The van der Waals surface area contributed by atoms with Gasteiger partial charge in [0.25, 0.3) is 0 Å². The number of hydrogen-bond donors (Lipinski definition) is 1. The minimum atomic E-state index is -0.469. The fourth-order valence-electron chi connectivity index (χ4n) is 1.11. The molecule has 0 saturated heterocycles. The molecule has 1 aromatic rings. The van der Waals surface area contributed by atoms with Crippen LogP contribution in [0.5, 0.6) is 0 Å². The summed E-state index contributed by atoms with van der Waals surface area (Å²) in [7, 11) is 1.30. The summed E-state index contributed by atoms with van der Waals surface area (Å²) >= 11 is 0. The van der Waals surface area contributed by atoms with Gasteiger partial charge in [0, 0.05) is 11.8 Å². The molecule has 0 fully saturated rings. The van der Waals surface area contributed by atoms with E-state index in [1.54, 1.807) is 24.3 Å². The van der Waals surface area contributed by atoms with Gasteiger partial charge in [0.2, 0.25) is 0 Å². The number of nitrogen functional groups attached to an aromatic ring is 1. The Bertz CT molecular complexity index is 444. The molecule has 0 spiro atoms. The molecular weight excluding hydrogens is 192 g/mol. The summed E-state index contributed by atoms with van der Waals surface area (Å²) in [5.74, 6) is -0.469. The normalized spacial score (nSPS) is 9.87. The van der Waals surface area contributed by atoms with Crippen molar-refractivity contribution in [3.63, 3.8) is 0 Å². The largest absolute Gasteiger partial charge is 0.465 e. The van der Waals surface area contributed by atoms with E-state index in [1.165, 1.54) is 13.2 Å². The molecule has 0 heterocycles. The van der Waals surface area contributed by atoms with Gasteiger partial charge in [-0.05, 0) is 23.8 Å². The van der Waals surface area contributed by atoms with Gasteiger partial charge in [-0.25, -0.2) is 4.79 Å². The van der Waals surface area contributed by atoms with Crippen LogP contribution in [0.3, 0.4) is 0 Å². The highest BCUT2D eigenvalue weighted by molar-refractivity contribution is 5.95. The van der Waals surface area contributed by atoms with E-state index in [2.05, 4.69) is 4.74 Å². The van der Waals surface area contributed by atoms with Gasteiger partial charge in [-0.2, -0.15) is 5.26 Å². The maximum absolute atomic E-state index is 11.2. The Morgan fingerprint density at radius 2 is 2.33 bits per heavy atom. The molecule has 0 bridgehead atoms. The Morgan fingerprint density at radius 1 is 1.60 bits per heavy atom. The van der Waals surface area contributed by atoms with Crippen LogP contribution in [0.25, 0.3) is 6.08 Å². The number of rotatable bonds is 2. The first-order valence-electron chi connectivity index (χ1n) is 4.23. The van der Waals surface area contributed by atoms with E-state index in [1.807, 2.05) is 6.07 Å². The number of anilines is 1. The average Bonchev–Trinajstić information content (AvgIpc) is 2.25. The summed E-state index contributed by atoms with van der Waals surface area (Å²) in [6, 6.07) is 6.74. The van der Waals surface area contributed by atoms with Gasteiger partial charge in [0.05, 0.1) is 18.7 Å². The summed E-state index contributed by atoms with van der Waals surface area (Å²) in [6.45, 7) is 0. The van der Waals surface area contributed by atoms with Gasteiger partial charge in [0.1, 0.15) is 0 Å². The third-order valence-corrected chi connectivity index (χ3v) is 1.83. The van der Waals surface area contributed by atoms with Crippen molar-refractivity contribution in [1.82, 2.24) is 0 Å². The Balaban J connectivity index is 3.04. The molecule has 2 N–H and O–H groups in total. The van der Waals surface area contributed by atoms with Crippen LogP contribution in [0.15, 0.2) is 24.3 Å². The molecule has 1 aromatic carbocycles. The third kappa shape index (κ3) is 2.58. The molecule has 0 aliphatic rings. The van der Waals surface area contributed by atoms with Gasteiger partial charge in [-0.3, -0.25) is 0 Å². The van der Waals surface area contributed by atoms with Crippen molar-refractivity contribution in [2.45, 2.75) is 0 Å². The summed E-state index contributed by atoms with van der Waals surface area (Å²) in [6.07, 6.45) is 2.95. The molecular formula is C11H10N2O2. The lowest BCUT2D eigenvalue weighted by Crippen LogP contribution is -2.05. The fourth-order valence-corrected chi connectivity index (χ4v) is 1.11. The zero-order valence-corrected chi connectivity index (χ0v) is 8.23. The first-order valence-corrected chi connectivity index (χ1v) is 4.23. The smallest absolute Gasteiger partial charge is 0.339 e. The molecule has 4 nitrogen and oxygen atoms in total. The maximum Gasteiger partial charge on any atom is 0.339 e. The molecule has 4 heteroatoms. The quantitative estimate of drug-likeness (QED) is 0.449. The second-order valence-electron chi connectivity index (χ2n) is 2.80. The average molecular weight is 202 g/mol. The fraction of sp³-hybridized carbons (Fsp3) is 0.0909. The standard InChI is InChI=1S/C11H10N2O2/c1-15-11(14)9-5-4-8(3-2-6-12)7-10(9)13/h2-5,7H,13H2,1H3. The van der Waals surface area contributed by atoms with Crippen LogP contribution in [0.1, 0.15) is 15.9 Å².